The Balaban J connectivity index is 0.000000227. The third-order valence-corrected chi connectivity index (χ3v) is 4.06. The van der Waals surface area contributed by atoms with Crippen LogP contribution in [0.1, 0.15) is 0 Å². The van der Waals surface area contributed by atoms with Crippen molar-refractivity contribution in [1.82, 2.24) is 0 Å². The van der Waals surface area contributed by atoms with E-state index in [-0.39, 0.29) is 39.8 Å². The van der Waals surface area contributed by atoms with Crippen molar-refractivity contribution in [2.75, 3.05) is 0 Å². The van der Waals surface area contributed by atoms with Crippen molar-refractivity contribution >= 4 is 22.7 Å². The van der Waals surface area contributed by atoms with Gasteiger partial charge in [-0.25, -0.2) is 0 Å². The Morgan fingerprint density at radius 3 is 0.697 bits per heavy atom. The molecule has 0 saturated carbocycles. The van der Waals surface area contributed by atoms with Gasteiger partial charge in [0.2, 0.25) is 0 Å². The van der Waals surface area contributed by atoms with Crippen molar-refractivity contribution in [1.29, 1.82) is 0 Å². The van der Waals surface area contributed by atoms with E-state index in [1.807, 2.05) is 0 Å². The van der Waals surface area contributed by atoms with Crippen molar-refractivity contribution in [2.24, 2.45) is 20.5 Å². The molecule has 0 saturated heterocycles. The summed E-state index contributed by atoms with van der Waals surface area (Å²) in [6.07, 6.45) is 0. The van der Waals surface area contributed by atoms with Gasteiger partial charge in [-0.05, 0) is 48.5 Å². The molecule has 8 nitrogen and oxygen atoms in total. The van der Waals surface area contributed by atoms with Crippen LogP contribution in [0.5, 0.6) is 23.0 Å². The van der Waals surface area contributed by atoms with E-state index in [2.05, 4.69) is 20.5 Å². The number of benzene rings is 4. The maximum absolute atomic E-state index is 9.44. The van der Waals surface area contributed by atoms with Gasteiger partial charge >= 0.3 is 0 Å². The van der Waals surface area contributed by atoms with Crippen LogP contribution in [-0.2, 0) is 16.8 Å². The first-order valence-corrected chi connectivity index (χ1v) is 9.50. The summed E-state index contributed by atoms with van der Waals surface area (Å²) < 4.78 is 0. The Labute approximate surface area is 200 Å². The fourth-order valence-corrected chi connectivity index (χ4v) is 2.41. The molecule has 0 amide bonds. The molecule has 4 rings (SSSR count). The topological polar surface area (TPSA) is 130 Å². The van der Waals surface area contributed by atoms with E-state index in [9.17, 15) is 20.4 Å². The van der Waals surface area contributed by atoms with E-state index in [1.165, 1.54) is 24.3 Å². The second-order valence-electron chi connectivity index (χ2n) is 6.35. The van der Waals surface area contributed by atoms with Gasteiger partial charge < -0.3 is 20.4 Å². The molecule has 1 radical (unpaired) electrons. The van der Waals surface area contributed by atoms with E-state index >= 15 is 0 Å². The number of hydrogen-bond acceptors (Lipinski definition) is 8. The van der Waals surface area contributed by atoms with Crippen molar-refractivity contribution in [3.05, 3.63) is 97.1 Å². The number of nitrogens with zero attached hydrogens (tertiary/aromatic N) is 4. The first-order valence-electron chi connectivity index (χ1n) is 9.50. The van der Waals surface area contributed by atoms with E-state index in [4.69, 9.17) is 0 Å². The number of aromatic hydroxyl groups is 4. The third-order valence-electron chi connectivity index (χ3n) is 4.06. The number of para-hydroxylation sites is 4. The molecule has 4 aromatic carbocycles. The zero-order valence-corrected chi connectivity index (χ0v) is 18.2. The first kappa shape index (κ1) is 25.1. The Morgan fingerprint density at radius 2 is 0.515 bits per heavy atom. The second kappa shape index (κ2) is 12.6. The minimum Gasteiger partial charge on any atom is -0.506 e. The van der Waals surface area contributed by atoms with Crippen LogP contribution in [0, 0.1) is 0 Å². The first-order chi connectivity index (χ1) is 15.5. The molecule has 0 atom stereocenters. The molecule has 0 fully saturated rings. The molecule has 9 heteroatoms. The van der Waals surface area contributed by atoms with Gasteiger partial charge in [0.25, 0.3) is 0 Å². The summed E-state index contributed by atoms with van der Waals surface area (Å²) in [6, 6.07) is 26.5. The Hall–Kier alpha value is -4.21. The van der Waals surface area contributed by atoms with Crippen LogP contribution < -0.4 is 0 Å². The predicted octanol–water partition coefficient (Wildman–Crippen LogP) is 7.02. The number of azo groups is 2. The summed E-state index contributed by atoms with van der Waals surface area (Å²) in [6.45, 7) is 0. The van der Waals surface area contributed by atoms with Gasteiger partial charge in [0.15, 0.2) is 0 Å². The molecular formula is C24H20CoN4O4. The van der Waals surface area contributed by atoms with Gasteiger partial charge in [0.05, 0.1) is 0 Å². The van der Waals surface area contributed by atoms with E-state index < -0.39 is 0 Å². The van der Waals surface area contributed by atoms with Gasteiger partial charge in [0.1, 0.15) is 45.7 Å². The predicted molar refractivity (Wildman–Crippen MR) is 121 cm³/mol. The van der Waals surface area contributed by atoms with Gasteiger partial charge in [-0.15, -0.1) is 20.5 Å². The van der Waals surface area contributed by atoms with Crippen LogP contribution in [0.25, 0.3) is 0 Å². The van der Waals surface area contributed by atoms with Crippen LogP contribution in [-0.4, -0.2) is 20.4 Å². The largest absolute Gasteiger partial charge is 0.506 e. The second-order valence-corrected chi connectivity index (χ2v) is 6.35. The molecule has 0 aliphatic rings. The molecule has 0 aliphatic carbocycles. The number of phenolic OH excluding ortho intramolecular Hbond substituents is 4. The summed E-state index contributed by atoms with van der Waals surface area (Å²) in [5, 5.41) is 53.2. The fraction of sp³-hybridized carbons (Fsp3) is 0. The van der Waals surface area contributed by atoms with Crippen molar-refractivity contribution in [2.45, 2.75) is 0 Å². The Bertz CT molecular complexity index is 1060. The number of hydrogen-bond donors (Lipinski definition) is 4. The Kier molecular flexibility index (Phi) is 9.56. The molecule has 4 aromatic rings. The maximum Gasteiger partial charge on any atom is 0.143 e. The van der Waals surface area contributed by atoms with Crippen molar-refractivity contribution in [3.8, 4) is 23.0 Å². The maximum atomic E-state index is 9.44. The third kappa shape index (κ3) is 7.45. The van der Waals surface area contributed by atoms with Gasteiger partial charge in [-0.2, -0.15) is 0 Å². The number of phenols is 4. The van der Waals surface area contributed by atoms with Gasteiger partial charge in [0, 0.05) is 16.8 Å². The summed E-state index contributed by atoms with van der Waals surface area (Å²) in [5.41, 5.74) is 1.47. The van der Waals surface area contributed by atoms with Crippen LogP contribution >= 0.6 is 0 Å². The molecule has 0 aliphatic heterocycles. The summed E-state index contributed by atoms with van der Waals surface area (Å²) in [7, 11) is 0. The minimum absolute atomic E-state index is 0. The van der Waals surface area contributed by atoms with Crippen LogP contribution in [0.3, 0.4) is 0 Å². The zero-order chi connectivity index (χ0) is 22.8. The molecule has 0 heterocycles. The normalized spacial score (nSPS) is 10.4. The Morgan fingerprint density at radius 1 is 0.333 bits per heavy atom. The quantitative estimate of drug-likeness (QED) is 0.230. The van der Waals surface area contributed by atoms with E-state index in [0.29, 0.717) is 22.7 Å². The molecule has 33 heavy (non-hydrogen) atoms. The van der Waals surface area contributed by atoms with Crippen LogP contribution in [0.4, 0.5) is 22.7 Å². The van der Waals surface area contributed by atoms with Crippen LogP contribution in [0.2, 0.25) is 0 Å². The summed E-state index contributed by atoms with van der Waals surface area (Å²) in [5.74, 6) is 0.228. The van der Waals surface area contributed by atoms with Crippen molar-refractivity contribution in [3.63, 3.8) is 0 Å². The molecule has 4 N–H and O–H groups in total. The molecular weight excluding hydrogens is 467 g/mol. The van der Waals surface area contributed by atoms with Crippen LogP contribution in [0.15, 0.2) is 118 Å². The van der Waals surface area contributed by atoms with Gasteiger partial charge in [-0.3, -0.25) is 0 Å². The molecule has 0 aromatic heterocycles. The van der Waals surface area contributed by atoms with Crippen molar-refractivity contribution < 1.29 is 37.2 Å². The monoisotopic (exact) mass is 487 g/mol. The van der Waals surface area contributed by atoms with E-state index in [0.717, 1.165) is 0 Å². The smallest absolute Gasteiger partial charge is 0.143 e. The summed E-state index contributed by atoms with van der Waals surface area (Å²) >= 11 is 0. The average molecular weight is 487 g/mol. The standard InChI is InChI=1S/2C12H10N2O2.Co/c2*15-11-7-3-1-5-9(11)13-14-10-6-2-4-8-12(10)16;/h2*1-8,15-16H;. The minimum atomic E-state index is 0. The average Bonchev–Trinajstić information content (AvgIpc) is 2.80. The molecule has 169 valence electrons. The fourth-order valence-electron chi connectivity index (χ4n) is 2.41. The molecule has 0 bridgehead atoms. The summed E-state index contributed by atoms with van der Waals surface area (Å²) in [4.78, 5) is 0. The molecule has 0 spiro atoms. The zero-order valence-electron chi connectivity index (χ0n) is 17.1. The van der Waals surface area contributed by atoms with E-state index in [1.54, 1.807) is 72.8 Å². The molecule has 0 unspecified atom stereocenters. The SMILES string of the molecule is Oc1ccccc1N=Nc1ccccc1O.Oc1ccccc1N=Nc1ccccc1O.[Co]. The number of rotatable bonds is 4. The van der Waals surface area contributed by atoms with Gasteiger partial charge in [-0.1, -0.05) is 48.5 Å².